The molecule has 0 saturated heterocycles. The Labute approximate surface area is 110 Å². The number of hydrogen-bond donors (Lipinski definition) is 2. The number of amides is 2. The molecule has 0 saturated carbocycles. The summed E-state index contributed by atoms with van der Waals surface area (Å²) in [5.74, 6) is -0.187. The molecule has 0 aromatic carbocycles. The van der Waals surface area contributed by atoms with Crippen molar-refractivity contribution in [2.45, 2.75) is 33.6 Å². The lowest BCUT2D eigenvalue weighted by atomic mass is 9.91. The highest BCUT2D eigenvalue weighted by Crippen LogP contribution is 2.21. The van der Waals surface area contributed by atoms with E-state index in [9.17, 15) is 9.59 Å². The number of rotatable bonds is 6. The largest absolute Gasteiger partial charge is 0.465 e. The van der Waals surface area contributed by atoms with Crippen molar-refractivity contribution < 1.29 is 14.3 Å². The van der Waals surface area contributed by atoms with Gasteiger partial charge in [-0.1, -0.05) is 6.92 Å². The normalized spacial score (nSPS) is 10.8. The molecule has 0 spiro atoms. The molecule has 0 atom stereocenters. The third kappa shape index (κ3) is 6.14. The fourth-order valence-electron chi connectivity index (χ4n) is 0.812. The molecule has 0 aliphatic carbocycles. The Hall–Kier alpha value is -0.530. The highest BCUT2D eigenvalue weighted by Gasteiger charge is 2.26. The van der Waals surface area contributed by atoms with Crippen LogP contribution in [0.25, 0.3) is 0 Å². The fourth-order valence-corrected chi connectivity index (χ4v) is 1.00. The Balaban J connectivity index is 3.60. The van der Waals surface area contributed by atoms with Gasteiger partial charge in [-0.25, -0.2) is 4.79 Å². The van der Waals surface area contributed by atoms with Crippen LogP contribution in [0.2, 0.25) is 0 Å². The van der Waals surface area contributed by atoms with Gasteiger partial charge in [-0.05, 0) is 26.7 Å². The van der Waals surface area contributed by atoms with E-state index in [0.717, 1.165) is 6.42 Å². The number of carbonyl (C=O) groups excluding carboxylic acids is 2. The standard InChI is InChI=1S/C10H19IN2O3/c1-4-10(2,3)8(14)16-7-5-6-12-9(15)13-11/h4-7H2,1-3H3,(H2,12,13,15). The van der Waals surface area contributed by atoms with E-state index in [0.29, 0.717) is 19.6 Å². The SMILES string of the molecule is CCC(C)(C)C(=O)OCCCNC(=O)NI. The van der Waals surface area contributed by atoms with Crippen molar-refractivity contribution in [1.82, 2.24) is 8.85 Å². The second-order valence-electron chi connectivity index (χ2n) is 4.08. The maximum Gasteiger partial charge on any atom is 0.323 e. The molecule has 16 heavy (non-hydrogen) atoms. The molecule has 0 aromatic heterocycles. The quantitative estimate of drug-likeness (QED) is 0.336. The number of urea groups is 1. The van der Waals surface area contributed by atoms with Gasteiger partial charge in [0.15, 0.2) is 0 Å². The molecule has 5 nitrogen and oxygen atoms in total. The van der Waals surface area contributed by atoms with Crippen molar-refractivity contribution in [2.75, 3.05) is 13.2 Å². The Morgan fingerprint density at radius 1 is 1.38 bits per heavy atom. The molecule has 2 N–H and O–H groups in total. The minimum Gasteiger partial charge on any atom is -0.465 e. The fraction of sp³-hybridized carbons (Fsp3) is 0.800. The van der Waals surface area contributed by atoms with Gasteiger partial charge in [0.2, 0.25) is 0 Å². The minimum absolute atomic E-state index is 0.187. The van der Waals surface area contributed by atoms with Crippen LogP contribution in [0, 0.1) is 5.41 Å². The van der Waals surface area contributed by atoms with Crippen LogP contribution in [0.3, 0.4) is 0 Å². The molecule has 0 rings (SSSR count). The summed E-state index contributed by atoms with van der Waals surface area (Å²) in [6.07, 6.45) is 1.37. The summed E-state index contributed by atoms with van der Waals surface area (Å²) in [5.41, 5.74) is -0.424. The van der Waals surface area contributed by atoms with Crippen LogP contribution < -0.4 is 8.85 Å². The van der Waals surface area contributed by atoms with E-state index >= 15 is 0 Å². The molecule has 6 heteroatoms. The van der Waals surface area contributed by atoms with Gasteiger partial charge in [0, 0.05) is 6.54 Å². The first-order chi connectivity index (χ1) is 7.44. The number of ether oxygens (including phenoxy) is 1. The van der Waals surface area contributed by atoms with Gasteiger partial charge in [-0.3, -0.25) is 8.32 Å². The van der Waals surface area contributed by atoms with E-state index < -0.39 is 5.41 Å². The summed E-state index contributed by atoms with van der Waals surface area (Å²) >= 11 is 1.75. The summed E-state index contributed by atoms with van der Waals surface area (Å²) in [6.45, 7) is 6.50. The van der Waals surface area contributed by atoms with Crippen molar-refractivity contribution in [1.29, 1.82) is 0 Å². The molecular formula is C10H19IN2O3. The molecule has 0 unspecified atom stereocenters. The van der Waals surface area contributed by atoms with Crippen LogP contribution in [-0.4, -0.2) is 25.2 Å². The topological polar surface area (TPSA) is 67.4 Å². The van der Waals surface area contributed by atoms with Crippen molar-refractivity contribution >= 4 is 34.9 Å². The molecule has 94 valence electrons. The highest BCUT2D eigenvalue weighted by molar-refractivity contribution is 14.1. The van der Waals surface area contributed by atoms with Crippen molar-refractivity contribution in [3.63, 3.8) is 0 Å². The van der Waals surface area contributed by atoms with Gasteiger partial charge in [0.25, 0.3) is 0 Å². The molecule has 0 radical (unpaired) electrons. The number of esters is 1. The van der Waals surface area contributed by atoms with Gasteiger partial charge >= 0.3 is 12.0 Å². The third-order valence-corrected chi connectivity index (χ3v) is 2.85. The van der Waals surface area contributed by atoms with E-state index in [1.165, 1.54) is 0 Å². The second-order valence-corrected chi connectivity index (χ2v) is 4.62. The molecule has 0 aromatic rings. The molecule has 0 bridgehead atoms. The van der Waals surface area contributed by atoms with Crippen LogP contribution in [0.15, 0.2) is 0 Å². The monoisotopic (exact) mass is 342 g/mol. The van der Waals surface area contributed by atoms with Gasteiger partial charge < -0.3 is 10.1 Å². The predicted molar refractivity (Wildman–Crippen MR) is 70.2 cm³/mol. The Morgan fingerprint density at radius 2 is 2.00 bits per heavy atom. The van der Waals surface area contributed by atoms with Gasteiger partial charge in [-0.2, -0.15) is 0 Å². The first-order valence-corrected chi connectivity index (χ1v) is 6.33. The van der Waals surface area contributed by atoms with Gasteiger partial charge in [-0.15, -0.1) is 0 Å². The lowest BCUT2D eigenvalue weighted by Crippen LogP contribution is -2.31. The summed E-state index contributed by atoms with van der Waals surface area (Å²) < 4.78 is 7.51. The zero-order valence-electron chi connectivity index (χ0n) is 9.93. The van der Waals surface area contributed by atoms with E-state index in [1.807, 2.05) is 20.8 Å². The maximum absolute atomic E-state index is 11.5. The average Bonchev–Trinajstić information content (AvgIpc) is 2.27. The highest BCUT2D eigenvalue weighted by atomic mass is 127. The summed E-state index contributed by atoms with van der Waals surface area (Å²) in [4.78, 5) is 22.3. The van der Waals surface area contributed by atoms with Crippen LogP contribution in [0.4, 0.5) is 4.79 Å². The number of hydrogen-bond acceptors (Lipinski definition) is 3. The van der Waals surface area contributed by atoms with E-state index in [2.05, 4.69) is 8.85 Å². The average molecular weight is 342 g/mol. The van der Waals surface area contributed by atoms with E-state index in [1.54, 1.807) is 22.9 Å². The predicted octanol–water partition coefficient (Wildman–Crippen LogP) is 2.01. The molecule has 2 amide bonds. The smallest absolute Gasteiger partial charge is 0.323 e. The molecule has 0 fully saturated rings. The van der Waals surface area contributed by atoms with Crippen molar-refractivity contribution in [2.24, 2.45) is 5.41 Å². The number of nitrogens with one attached hydrogen (secondary N) is 2. The van der Waals surface area contributed by atoms with Gasteiger partial charge in [0.05, 0.1) is 34.9 Å². The van der Waals surface area contributed by atoms with Gasteiger partial charge in [0.1, 0.15) is 0 Å². The zero-order valence-corrected chi connectivity index (χ0v) is 12.1. The maximum atomic E-state index is 11.5. The lowest BCUT2D eigenvalue weighted by Gasteiger charge is -2.20. The number of carbonyl (C=O) groups is 2. The zero-order chi connectivity index (χ0) is 12.6. The van der Waals surface area contributed by atoms with Crippen LogP contribution in [-0.2, 0) is 9.53 Å². The summed E-state index contributed by atoms with van der Waals surface area (Å²) in [5, 5.41) is 2.61. The Bertz CT molecular complexity index is 244. The van der Waals surface area contributed by atoms with Crippen LogP contribution in [0.5, 0.6) is 0 Å². The Morgan fingerprint density at radius 3 is 2.50 bits per heavy atom. The molecule has 0 aliphatic rings. The lowest BCUT2D eigenvalue weighted by molar-refractivity contribution is -0.154. The van der Waals surface area contributed by atoms with Crippen LogP contribution in [0.1, 0.15) is 33.6 Å². The minimum atomic E-state index is -0.424. The first-order valence-electron chi connectivity index (χ1n) is 5.25. The second kappa shape index (κ2) is 7.70. The van der Waals surface area contributed by atoms with E-state index in [4.69, 9.17) is 4.74 Å². The first kappa shape index (κ1) is 15.5. The Kier molecular flexibility index (Phi) is 7.44. The molecule has 0 aliphatic heterocycles. The molecule has 0 heterocycles. The third-order valence-electron chi connectivity index (χ3n) is 2.36. The van der Waals surface area contributed by atoms with Crippen LogP contribution >= 0.6 is 22.9 Å². The summed E-state index contributed by atoms with van der Waals surface area (Å²) in [7, 11) is 0. The van der Waals surface area contributed by atoms with Crippen molar-refractivity contribution in [3.8, 4) is 0 Å². The molecular weight excluding hydrogens is 323 g/mol. The van der Waals surface area contributed by atoms with Crippen molar-refractivity contribution in [3.05, 3.63) is 0 Å². The summed E-state index contributed by atoms with van der Waals surface area (Å²) in [6, 6.07) is -0.235. The van der Waals surface area contributed by atoms with E-state index in [-0.39, 0.29) is 12.0 Å². The number of halogens is 1.